The van der Waals surface area contributed by atoms with Crippen LogP contribution in [0.4, 0.5) is 0 Å². The molecule has 0 radical (unpaired) electrons. The molecule has 112 valence electrons. The molecule has 0 unspecified atom stereocenters. The van der Waals surface area contributed by atoms with Crippen LogP contribution >= 0.6 is 11.6 Å². The zero-order valence-electron chi connectivity index (χ0n) is 11.8. The summed E-state index contributed by atoms with van der Waals surface area (Å²) in [4.78, 5) is 4.38. The van der Waals surface area contributed by atoms with Crippen LogP contribution in [0.2, 0.25) is 5.02 Å². The third kappa shape index (κ3) is 2.65. The molecule has 0 spiro atoms. The van der Waals surface area contributed by atoms with E-state index in [1.54, 1.807) is 48.5 Å². The molecule has 4 nitrogen and oxygen atoms in total. The van der Waals surface area contributed by atoms with Crippen molar-refractivity contribution in [2.24, 2.45) is 0 Å². The van der Waals surface area contributed by atoms with Gasteiger partial charge in [-0.2, -0.15) is 0 Å². The zero-order valence-corrected chi connectivity index (χ0v) is 13.3. The first kappa shape index (κ1) is 14.8. The van der Waals surface area contributed by atoms with Crippen LogP contribution in [-0.2, 0) is 10.0 Å². The second-order valence-electron chi connectivity index (χ2n) is 4.88. The molecule has 0 N–H and O–H groups in total. The Morgan fingerprint density at radius 1 is 1.09 bits per heavy atom. The van der Waals surface area contributed by atoms with Crippen molar-refractivity contribution in [3.8, 4) is 11.4 Å². The van der Waals surface area contributed by atoms with E-state index in [1.165, 1.54) is 16.4 Å². The highest BCUT2D eigenvalue weighted by Gasteiger charge is 2.21. The summed E-state index contributed by atoms with van der Waals surface area (Å²) in [7, 11) is -3.69. The summed E-state index contributed by atoms with van der Waals surface area (Å²) in [5, 5.41) is 0.528. The van der Waals surface area contributed by atoms with Crippen LogP contribution in [0.25, 0.3) is 11.4 Å². The predicted octanol–water partition coefficient (Wildman–Crippen LogP) is 3.75. The summed E-state index contributed by atoms with van der Waals surface area (Å²) in [6.45, 7) is 1.91. The lowest BCUT2D eigenvalue weighted by Gasteiger charge is -2.10. The van der Waals surface area contributed by atoms with Crippen molar-refractivity contribution in [2.45, 2.75) is 11.8 Å². The number of halogens is 1. The van der Waals surface area contributed by atoms with E-state index >= 15 is 0 Å². The van der Waals surface area contributed by atoms with Crippen LogP contribution in [0.5, 0.6) is 0 Å². The van der Waals surface area contributed by atoms with Gasteiger partial charge in [-0.05, 0) is 31.2 Å². The molecule has 1 aromatic heterocycles. The van der Waals surface area contributed by atoms with Crippen molar-refractivity contribution in [1.82, 2.24) is 8.96 Å². The largest absolute Gasteiger partial charge is 0.269 e. The van der Waals surface area contributed by atoms with E-state index in [2.05, 4.69) is 4.98 Å². The lowest BCUT2D eigenvalue weighted by molar-refractivity contribution is 0.588. The first-order valence-electron chi connectivity index (χ1n) is 6.60. The van der Waals surface area contributed by atoms with Crippen LogP contribution in [0.1, 0.15) is 5.56 Å². The SMILES string of the molecule is Cc1ccc(S(=O)(=O)n2ccnc2-c2cccc(Cl)c2)cc1. The molecule has 6 heteroatoms. The van der Waals surface area contributed by atoms with Gasteiger partial charge >= 0.3 is 0 Å². The Hall–Kier alpha value is -2.11. The predicted molar refractivity (Wildman–Crippen MR) is 86.4 cm³/mol. The van der Waals surface area contributed by atoms with Crippen molar-refractivity contribution < 1.29 is 8.42 Å². The summed E-state index contributed by atoms with van der Waals surface area (Å²) in [6, 6.07) is 13.7. The summed E-state index contributed by atoms with van der Waals surface area (Å²) in [6.07, 6.45) is 2.90. The maximum absolute atomic E-state index is 12.8. The number of aromatic nitrogens is 2. The normalized spacial score (nSPS) is 11.5. The highest BCUT2D eigenvalue weighted by Crippen LogP contribution is 2.25. The van der Waals surface area contributed by atoms with Gasteiger partial charge in [0.05, 0.1) is 4.90 Å². The van der Waals surface area contributed by atoms with E-state index in [1.807, 2.05) is 6.92 Å². The second-order valence-corrected chi connectivity index (χ2v) is 7.13. The van der Waals surface area contributed by atoms with Crippen molar-refractivity contribution in [3.05, 3.63) is 71.5 Å². The van der Waals surface area contributed by atoms with Gasteiger partial charge in [-0.25, -0.2) is 17.4 Å². The lowest BCUT2D eigenvalue weighted by atomic mass is 10.2. The monoisotopic (exact) mass is 332 g/mol. The van der Waals surface area contributed by atoms with E-state index in [0.29, 0.717) is 16.4 Å². The molecule has 0 saturated carbocycles. The average Bonchev–Trinajstić information content (AvgIpc) is 2.98. The molecule has 0 amide bonds. The van der Waals surface area contributed by atoms with Crippen LogP contribution in [0.3, 0.4) is 0 Å². The number of rotatable bonds is 3. The first-order valence-corrected chi connectivity index (χ1v) is 8.42. The minimum absolute atomic E-state index is 0.222. The molecule has 0 atom stereocenters. The van der Waals surface area contributed by atoms with Crippen LogP contribution in [-0.4, -0.2) is 17.4 Å². The average molecular weight is 333 g/mol. The quantitative estimate of drug-likeness (QED) is 0.734. The van der Waals surface area contributed by atoms with Gasteiger partial charge in [0.2, 0.25) is 0 Å². The van der Waals surface area contributed by atoms with Crippen molar-refractivity contribution in [3.63, 3.8) is 0 Å². The molecule has 22 heavy (non-hydrogen) atoms. The van der Waals surface area contributed by atoms with Crippen LogP contribution in [0, 0.1) is 6.92 Å². The molecule has 0 aliphatic rings. The van der Waals surface area contributed by atoms with Crippen LogP contribution in [0.15, 0.2) is 65.8 Å². The maximum Gasteiger partial charge on any atom is 0.269 e. The van der Waals surface area contributed by atoms with E-state index < -0.39 is 10.0 Å². The Balaban J connectivity index is 2.14. The van der Waals surface area contributed by atoms with Crippen molar-refractivity contribution in [1.29, 1.82) is 0 Å². The molecule has 0 saturated heterocycles. The smallest absolute Gasteiger partial charge is 0.236 e. The number of benzene rings is 2. The third-order valence-corrected chi connectivity index (χ3v) is 5.18. The molecule has 3 rings (SSSR count). The lowest BCUT2D eigenvalue weighted by Crippen LogP contribution is -2.13. The van der Waals surface area contributed by atoms with Gasteiger partial charge in [-0.15, -0.1) is 0 Å². The fourth-order valence-electron chi connectivity index (χ4n) is 2.14. The standard InChI is InChI=1S/C16H13ClN2O2S/c1-12-5-7-15(8-6-12)22(20,21)19-10-9-18-16(19)13-3-2-4-14(17)11-13/h2-11H,1H3. The van der Waals surface area contributed by atoms with Crippen molar-refractivity contribution >= 4 is 21.6 Å². The van der Waals surface area contributed by atoms with Gasteiger partial charge in [-0.1, -0.05) is 41.4 Å². The first-order chi connectivity index (χ1) is 10.5. The number of imidazole rings is 1. The van der Waals surface area contributed by atoms with E-state index in [-0.39, 0.29) is 4.90 Å². The molecule has 0 aliphatic carbocycles. The Morgan fingerprint density at radius 3 is 2.50 bits per heavy atom. The number of hydrogen-bond acceptors (Lipinski definition) is 3. The molecule has 2 aromatic carbocycles. The van der Waals surface area contributed by atoms with Gasteiger partial charge < -0.3 is 0 Å². The van der Waals surface area contributed by atoms with Gasteiger partial charge in [-0.3, -0.25) is 0 Å². The van der Waals surface area contributed by atoms with Gasteiger partial charge in [0, 0.05) is 23.0 Å². The molecule has 0 aliphatic heterocycles. The number of aryl methyl sites for hydroxylation is 1. The Labute approximate surface area is 134 Å². The van der Waals surface area contributed by atoms with Gasteiger partial charge in [0.1, 0.15) is 0 Å². The van der Waals surface area contributed by atoms with Gasteiger partial charge in [0.25, 0.3) is 10.0 Å². The fraction of sp³-hybridized carbons (Fsp3) is 0.0625. The number of nitrogens with zero attached hydrogens (tertiary/aromatic N) is 2. The Bertz CT molecular complexity index is 915. The number of hydrogen-bond donors (Lipinski definition) is 0. The Morgan fingerprint density at radius 2 is 1.82 bits per heavy atom. The third-order valence-electron chi connectivity index (χ3n) is 3.27. The molecular weight excluding hydrogens is 320 g/mol. The zero-order chi connectivity index (χ0) is 15.7. The highest BCUT2D eigenvalue weighted by molar-refractivity contribution is 7.90. The van der Waals surface area contributed by atoms with Gasteiger partial charge in [0.15, 0.2) is 5.82 Å². The summed E-state index contributed by atoms with van der Waals surface area (Å²) < 4.78 is 26.7. The summed E-state index contributed by atoms with van der Waals surface area (Å²) in [5.74, 6) is 0.336. The second kappa shape index (κ2) is 5.59. The molecule has 0 fully saturated rings. The molecule has 3 aromatic rings. The molecular formula is C16H13ClN2O2S. The van der Waals surface area contributed by atoms with E-state index in [9.17, 15) is 8.42 Å². The van der Waals surface area contributed by atoms with E-state index in [0.717, 1.165) is 5.56 Å². The van der Waals surface area contributed by atoms with Crippen molar-refractivity contribution in [2.75, 3.05) is 0 Å². The fourth-order valence-corrected chi connectivity index (χ4v) is 3.63. The molecule has 1 heterocycles. The maximum atomic E-state index is 12.8. The van der Waals surface area contributed by atoms with E-state index in [4.69, 9.17) is 11.6 Å². The summed E-state index contributed by atoms with van der Waals surface area (Å²) in [5.41, 5.74) is 1.65. The summed E-state index contributed by atoms with van der Waals surface area (Å²) >= 11 is 5.98. The Kier molecular flexibility index (Phi) is 3.76. The molecule has 0 bridgehead atoms. The minimum Gasteiger partial charge on any atom is -0.236 e. The van der Waals surface area contributed by atoms with Crippen LogP contribution < -0.4 is 0 Å². The topological polar surface area (TPSA) is 52.0 Å². The minimum atomic E-state index is -3.69. The highest BCUT2D eigenvalue weighted by atomic mass is 35.5.